The molecule has 1 aromatic rings. The van der Waals surface area contributed by atoms with Crippen molar-refractivity contribution in [1.82, 2.24) is 10.4 Å². The topological polar surface area (TPSA) is 92.8 Å². The van der Waals surface area contributed by atoms with Crippen LogP contribution in [0, 0.1) is 0 Å². The van der Waals surface area contributed by atoms with E-state index >= 15 is 0 Å². The summed E-state index contributed by atoms with van der Waals surface area (Å²) in [6.07, 6.45) is 15.2. The molecule has 1 atom stereocenters. The molecule has 194 valence electrons. The van der Waals surface area contributed by atoms with Gasteiger partial charge in [0.05, 0.1) is 0 Å². The van der Waals surface area contributed by atoms with E-state index in [2.05, 4.69) is 12.2 Å². The zero-order valence-electron chi connectivity index (χ0n) is 21.3. The number of carbonyl (C=O) groups is 4. The first-order valence-corrected chi connectivity index (χ1v) is 13.4. The Morgan fingerprint density at radius 3 is 1.89 bits per heavy atom. The molecule has 1 saturated heterocycles. The van der Waals surface area contributed by atoms with Crippen molar-refractivity contribution in [1.29, 1.82) is 0 Å². The van der Waals surface area contributed by atoms with Gasteiger partial charge in [-0.3, -0.25) is 14.4 Å². The van der Waals surface area contributed by atoms with Crippen LogP contribution in [0.5, 0.6) is 0 Å². The molecule has 0 aliphatic carbocycles. The lowest BCUT2D eigenvalue weighted by Gasteiger charge is -2.20. The lowest BCUT2D eigenvalue weighted by Crippen LogP contribution is -2.46. The fraction of sp³-hybridized carbons (Fsp3) is 0.643. The zero-order chi connectivity index (χ0) is 25.3. The number of carbonyl (C=O) groups excluding carboxylic acids is 4. The van der Waals surface area contributed by atoms with Gasteiger partial charge >= 0.3 is 5.97 Å². The largest absolute Gasteiger partial charge is 0.355 e. The van der Waals surface area contributed by atoms with Gasteiger partial charge in [-0.05, 0) is 12.0 Å². The molecule has 0 bridgehead atoms. The van der Waals surface area contributed by atoms with Crippen molar-refractivity contribution in [2.75, 3.05) is 0 Å². The van der Waals surface area contributed by atoms with Gasteiger partial charge in [-0.25, -0.2) is 4.79 Å². The highest BCUT2D eigenvalue weighted by atomic mass is 16.7. The van der Waals surface area contributed by atoms with Crippen molar-refractivity contribution < 1.29 is 24.0 Å². The van der Waals surface area contributed by atoms with E-state index in [-0.39, 0.29) is 25.2 Å². The van der Waals surface area contributed by atoms with E-state index < -0.39 is 23.8 Å². The van der Waals surface area contributed by atoms with E-state index in [1.807, 2.05) is 30.3 Å². The van der Waals surface area contributed by atoms with Crippen LogP contribution in [0.2, 0.25) is 0 Å². The normalized spacial score (nSPS) is 14.3. The predicted octanol–water partition coefficient (Wildman–Crippen LogP) is 5.41. The van der Waals surface area contributed by atoms with Gasteiger partial charge in [0.2, 0.25) is 5.91 Å². The van der Waals surface area contributed by atoms with Crippen LogP contribution in [-0.2, 0) is 30.4 Å². The summed E-state index contributed by atoms with van der Waals surface area (Å²) < 4.78 is 0. The number of amides is 3. The minimum Gasteiger partial charge on any atom is -0.342 e. The van der Waals surface area contributed by atoms with Crippen molar-refractivity contribution in [2.24, 2.45) is 0 Å². The standard InChI is InChI=1S/C28H42N2O5/c1-2-3-4-5-6-7-8-9-10-11-12-16-19-25(31)29-24(22-23-17-14-13-15-18-23)28(34)35-30-26(32)20-21-27(30)33/h13-15,17-18,24H,2-12,16,19-22H2,1H3,(H,29,31)/t24-/m0/s1. The highest BCUT2D eigenvalue weighted by molar-refractivity contribution is 6.02. The van der Waals surface area contributed by atoms with Crippen LogP contribution in [0.15, 0.2) is 30.3 Å². The lowest BCUT2D eigenvalue weighted by atomic mass is 10.0. The maximum Gasteiger partial charge on any atom is 0.355 e. The third kappa shape index (κ3) is 11.5. The van der Waals surface area contributed by atoms with Gasteiger partial charge < -0.3 is 10.2 Å². The molecule has 1 aliphatic rings. The van der Waals surface area contributed by atoms with E-state index in [0.29, 0.717) is 11.5 Å². The second-order valence-electron chi connectivity index (χ2n) is 9.44. The number of hydrogen-bond donors (Lipinski definition) is 1. The average molecular weight is 487 g/mol. The molecule has 0 unspecified atom stereocenters. The van der Waals surface area contributed by atoms with E-state index in [0.717, 1.165) is 24.8 Å². The predicted molar refractivity (Wildman–Crippen MR) is 135 cm³/mol. The van der Waals surface area contributed by atoms with E-state index in [4.69, 9.17) is 4.84 Å². The Morgan fingerprint density at radius 1 is 0.829 bits per heavy atom. The van der Waals surface area contributed by atoms with Gasteiger partial charge in [0.1, 0.15) is 6.04 Å². The summed E-state index contributed by atoms with van der Waals surface area (Å²) in [6, 6.07) is 8.29. The minimum absolute atomic E-state index is 0.0286. The Bertz CT molecular complexity index is 780. The maximum absolute atomic E-state index is 12.7. The summed E-state index contributed by atoms with van der Waals surface area (Å²) in [6.45, 7) is 2.24. The van der Waals surface area contributed by atoms with Crippen LogP contribution in [-0.4, -0.2) is 34.8 Å². The number of unbranched alkanes of at least 4 members (excludes halogenated alkanes) is 11. The van der Waals surface area contributed by atoms with Crippen molar-refractivity contribution in [3.63, 3.8) is 0 Å². The molecule has 35 heavy (non-hydrogen) atoms. The fourth-order valence-electron chi connectivity index (χ4n) is 4.25. The van der Waals surface area contributed by atoms with E-state index in [1.165, 1.54) is 57.8 Å². The first kappa shape index (κ1) is 28.5. The zero-order valence-corrected chi connectivity index (χ0v) is 21.3. The molecular weight excluding hydrogens is 444 g/mol. The second-order valence-corrected chi connectivity index (χ2v) is 9.44. The Labute approximate surface area is 209 Å². The second kappa shape index (κ2) is 16.8. The molecule has 0 aromatic heterocycles. The van der Waals surface area contributed by atoms with Crippen LogP contribution in [0.3, 0.4) is 0 Å². The Kier molecular flexibility index (Phi) is 13.7. The summed E-state index contributed by atoms with van der Waals surface area (Å²) in [7, 11) is 0. The molecule has 0 saturated carbocycles. The highest BCUT2D eigenvalue weighted by Crippen LogP contribution is 2.15. The Balaban J connectivity index is 1.68. The van der Waals surface area contributed by atoms with Crippen LogP contribution < -0.4 is 5.32 Å². The van der Waals surface area contributed by atoms with Gasteiger partial charge in [0.15, 0.2) is 0 Å². The first-order valence-electron chi connectivity index (χ1n) is 13.4. The monoisotopic (exact) mass is 486 g/mol. The molecule has 3 amide bonds. The SMILES string of the molecule is CCCCCCCCCCCCCCC(=O)N[C@@H](Cc1ccccc1)C(=O)ON1C(=O)CCC1=O. The van der Waals surface area contributed by atoms with Crippen LogP contribution in [0.1, 0.15) is 109 Å². The van der Waals surface area contributed by atoms with Gasteiger partial charge in [0, 0.05) is 25.7 Å². The third-order valence-electron chi connectivity index (χ3n) is 6.35. The summed E-state index contributed by atoms with van der Waals surface area (Å²) >= 11 is 0. The van der Waals surface area contributed by atoms with Crippen LogP contribution >= 0.6 is 0 Å². The molecule has 1 N–H and O–H groups in total. The van der Waals surface area contributed by atoms with Crippen LogP contribution in [0.4, 0.5) is 0 Å². The Hall–Kier alpha value is -2.70. The van der Waals surface area contributed by atoms with Gasteiger partial charge in [-0.15, -0.1) is 5.06 Å². The minimum atomic E-state index is -0.969. The van der Waals surface area contributed by atoms with Crippen LogP contribution in [0.25, 0.3) is 0 Å². The molecule has 7 nitrogen and oxygen atoms in total. The highest BCUT2D eigenvalue weighted by Gasteiger charge is 2.35. The number of nitrogens with one attached hydrogen (secondary N) is 1. The number of imide groups is 1. The molecule has 0 spiro atoms. The van der Waals surface area contributed by atoms with Gasteiger partial charge in [-0.1, -0.05) is 108 Å². The molecule has 1 aromatic carbocycles. The van der Waals surface area contributed by atoms with Gasteiger partial charge in [0.25, 0.3) is 11.8 Å². The molecule has 0 radical (unpaired) electrons. The third-order valence-corrected chi connectivity index (χ3v) is 6.35. The number of hydroxylamine groups is 2. The molecule has 1 heterocycles. The lowest BCUT2D eigenvalue weighted by molar-refractivity contribution is -0.199. The average Bonchev–Trinajstić information content (AvgIpc) is 3.17. The van der Waals surface area contributed by atoms with Crippen molar-refractivity contribution in [3.8, 4) is 0 Å². The number of benzene rings is 1. The summed E-state index contributed by atoms with van der Waals surface area (Å²) in [5.41, 5.74) is 0.846. The fourth-order valence-corrected chi connectivity index (χ4v) is 4.25. The van der Waals surface area contributed by atoms with Crippen molar-refractivity contribution >= 4 is 23.7 Å². The van der Waals surface area contributed by atoms with Crippen molar-refractivity contribution in [3.05, 3.63) is 35.9 Å². The smallest absolute Gasteiger partial charge is 0.342 e. The summed E-state index contributed by atoms with van der Waals surface area (Å²) in [4.78, 5) is 53.9. The molecule has 1 aliphatic heterocycles. The summed E-state index contributed by atoms with van der Waals surface area (Å²) in [5.74, 6) is -2.11. The first-order chi connectivity index (χ1) is 17.0. The Morgan fingerprint density at radius 2 is 1.34 bits per heavy atom. The van der Waals surface area contributed by atoms with E-state index in [1.54, 1.807) is 0 Å². The summed E-state index contributed by atoms with van der Waals surface area (Å²) in [5, 5.41) is 3.27. The quantitative estimate of drug-likeness (QED) is 0.221. The molecule has 7 heteroatoms. The molecule has 1 fully saturated rings. The van der Waals surface area contributed by atoms with E-state index in [9.17, 15) is 19.2 Å². The molecular formula is C28H42N2O5. The molecule has 2 rings (SSSR count). The number of rotatable bonds is 18. The maximum atomic E-state index is 12.7. The van der Waals surface area contributed by atoms with Crippen molar-refractivity contribution in [2.45, 2.75) is 116 Å². The van der Waals surface area contributed by atoms with Gasteiger partial charge in [-0.2, -0.15) is 0 Å². The number of nitrogens with zero attached hydrogens (tertiary/aromatic N) is 1. The number of hydrogen-bond acceptors (Lipinski definition) is 5.